The first-order valence-electron chi connectivity index (χ1n) is 5.10. The summed E-state index contributed by atoms with van der Waals surface area (Å²) < 4.78 is 5.19. The third-order valence-corrected chi connectivity index (χ3v) is 2.29. The zero-order chi connectivity index (χ0) is 12.3. The molecule has 0 spiro atoms. The number of rotatable bonds is 3. The van der Waals surface area contributed by atoms with Crippen LogP contribution in [0.4, 0.5) is 5.69 Å². The number of aliphatic hydroxyl groups is 1. The number of anilines is 1. The molecular formula is C12H17NO3. The Kier molecular flexibility index (Phi) is 3.90. The van der Waals surface area contributed by atoms with Crippen LogP contribution in [-0.4, -0.2) is 24.2 Å². The van der Waals surface area contributed by atoms with Crippen molar-refractivity contribution in [3.05, 3.63) is 23.3 Å². The van der Waals surface area contributed by atoms with E-state index in [1.54, 1.807) is 7.11 Å². The molecule has 16 heavy (non-hydrogen) atoms. The first-order valence-corrected chi connectivity index (χ1v) is 5.10. The standard InChI is InChI=1S/C12H17NO3/c1-7-5-8(2)11(10(6-7)16-4)13-12(15)9(3)14/h5-6,9,14H,1-4H3,(H,13,15). The summed E-state index contributed by atoms with van der Waals surface area (Å²) in [6.45, 7) is 5.26. The third kappa shape index (κ3) is 2.73. The van der Waals surface area contributed by atoms with Crippen molar-refractivity contribution >= 4 is 11.6 Å². The van der Waals surface area contributed by atoms with Gasteiger partial charge in [-0.15, -0.1) is 0 Å². The van der Waals surface area contributed by atoms with E-state index in [0.717, 1.165) is 11.1 Å². The summed E-state index contributed by atoms with van der Waals surface area (Å²) >= 11 is 0. The van der Waals surface area contributed by atoms with Crippen LogP contribution >= 0.6 is 0 Å². The molecule has 1 rings (SSSR count). The Morgan fingerprint density at radius 3 is 2.56 bits per heavy atom. The predicted molar refractivity (Wildman–Crippen MR) is 62.8 cm³/mol. The number of nitrogens with one attached hydrogen (secondary N) is 1. The van der Waals surface area contributed by atoms with Gasteiger partial charge in [0.25, 0.3) is 5.91 Å². The summed E-state index contributed by atoms with van der Waals surface area (Å²) in [4.78, 5) is 11.4. The van der Waals surface area contributed by atoms with Crippen molar-refractivity contribution in [2.24, 2.45) is 0 Å². The van der Waals surface area contributed by atoms with Gasteiger partial charge < -0.3 is 15.2 Å². The number of carbonyl (C=O) groups excluding carboxylic acids is 1. The van der Waals surface area contributed by atoms with Crippen LogP contribution < -0.4 is 10.1 Å². The van der Waals surface area contributed by atoms with Crippen molar-refractivity contribution in [3.63, 3.8) is 0 Å². The molecule has 0 saturated heterocycles. The Morgan fingerprint density at radius 2 is 2.06 bits per heavy atom. The fourth-order valence-electron chi connectivity index (χ4n) is 1.48. The molecule has 4 nitrogen and oxygen atoms in total. The van der Waals surface area contributed by atoms with E-state index in [0.29, 0.717) is 11.4 Å². The molecule has 0 aliphatic heterocycles. The summed E-state index contributed by atoms with van der Waals surface area (Å²) in [6, 6.07) is 3.78. The number of aliphatic hydroxyl groups excluding tert-OH is 1. The van der Waals surface area contributed by atoms with Crippen molar-refractivity contribution in [1.82, 2.24) is 0 Å². The Balaban J connectivity index is 3.07. The average Bonchev–Trinajstić information content (AvgIpc) is 2.21. The van der Waals surface area contributed by atoms with Gasteiger partial charge in [-0.05, 0) is 38.0 Å². The highest BCUT2D eigenvalue weighted by molar-refractivity contribution is 5.95. The molecule has 88 valence electrons. The van der Waals surface area contributed by atoms with Gasteiger partial charge in [0, 0.05) is 0 Å². The molecule has 0 fully saturated rings. The summed E-state index contributed by atoms with van der Waals surface area (Å²) in [5.41, 5.74) is 2.58. The van der Waals surface area contributed by atoms with Gasteiger partial charge in [-0.1, -0.05) is 6.07 Å². The van der Waals surface area contributed by atoms with Gasteiger partial charge in [-0.3, -0.25) is 4.79 Å². The molecule has 1 aromatic rings. The van der Waals surface area contributed by atoms with Crippen LogP contribution in [0.1, 0.15) is 18.1 Å². The van der Waals surface area contributed by atoms with E-state index < -0.39 is 12.0 Å². The van der Waals surface area contributed by atoms with Crippen molar-refractivity contribution < 1.29 is 14.6 Å². The molecule has 1 amide bonds. The van der Waals surface area contributed by atoms with Crippen LogP contribution in [0.15, 0.2) is 12.1 Å². The first kappa shape index (κ1) is 12.5. The van der Waals surface area contributed by atoms with Crippen molar-refractivity contribution in [1.29, 1.82) is 0 Å². The topological polar surface area (TPSA) is 58.6 Å². The van der Waals surface area contributed by atoms with E-state index in [1.807, 2.05) is 26.0 Å². The van der Waals surface area contributed by atoms with Crippen LogP contribution in [0.25, 0.3) is 0 Å². The molecule has 0 bridgehead atoms. The number of benzene rings is 1. The number of amides is 1. The summed E-state index contributed by atoms with van der Waals surface area (Å²) in [7, 11) is 1.55. The Bertz CT molecular complexity index is 399. The smallest absolute Gasteiger partial charge is 0.253 e. The number of hydrogen-bond acceptors (Lipinski definition) is 3. The fraction of sp³-hybridized carbons (Fsp3) is 0.417. The van der Waals surface area contributed by atoms with E-state index in [-0.39, 0.29) is 0 Å². The predicted octanol–water partition coefficient (Wildman–Crippen LogP) is 1.63. The molecule has 2 N–H and O–H groups in total. The monoisotopic (exact) mass is 223 g/mol. The van der Waals surface area contributed by atoms with Gasteiger partial charge in [-0.25, -0.2) is 0 Å². The van der Waals surface area contributed by atoms with Gasteiger partial charge in [0.15, 0.2) is 0 Å². The van der Waals surface area contributed by atoms with E-state index in [1.165, 1.54) is 6.92 Å². The minimum Gasteiger partial charge on any atom is -0.495 e. The maximum Gasteiger partial charge on any atom is 0.253 e. The van der Waals surface area contributed by atoms with E-state index >= 15 is 0 Å². The molecule has 0 radical (unpaired) electrons. The molecule has 0 saturated carbocycles. The minimum absolute atomic E-state index is 0.440. The molecule has 1 unspecified atom stereocenters. The van der Waals surface area contributed by atoms with Crippen LogP contribution in [0.5, 0.6) is 5.75 Å². The SMILES string of the molecule is COc1cc(C)cc(C)c1NC(=O)C(C)O. The quantitative estimate of drug-likeness (QED) is 0.818. The van der Waals surface area contributed by atoms with Crippen molar-refractivity contribution in [3.8, 4) is 5.75 Å². The van der Waals surface area contributed by atoms with E-state index in [4.69, 9.17) is 9.84 Å². The lowest BCUT2D eigenvalue weighted by atomic mass is 10.1. The highest BCUT2D eigenvalue weighted by Gasteiger charge is 2.14. The lowest BCUT2D eigenvalue weighted by molar-refractivity contribution is -0.123. The van der Waals surface area contributed by atoms with E-state index in [9.17, 15) is 4.79 Å². The Morgan fingerprint density at radius 1 is 1.44 bits per heavy atom. The molecule has 0 heterocycles. The number of hydrogen-bond donors (Lipinski definition) is 2. The molecule has 4 heteroatoms. The van der Waals surface area contributed by atoms with Crippen molar-refractivity contribution in [2.45, 2.75) is 26.9 Å². The summed E-state index contributed by atoms with van der Waals surface area (Å²) in [5.74, 6) is 0.164. The van der Waals surface area contributed by atoms with Crippen LogP contribution in [0.3, 0.4) is 0 Å². The molecule has 1 aromatic carbocycles. The first-order chi connectivity index (χ1) is 7.45. The highest BCUT2D eigenvalue weighted by atomic mass is 16.5. The Hall–Kier alpha value is -1.55. The summed E-state index contributed by atoms with van der Waals surface area (Å²) in [6.07, 6.45) is -1.04. The number of ether oxygens (including phenoxy) is 1. The molecular weight excluding hydrogens is 206 g/mol. The van der Waals surface area contributed by atoms with Gasteiger partial charge in [0.1, 0.15) is 11.9 Å². The third-order valence-electron chi connectivity index (χ3n) is 2.29. The number of methoxy groups -OCH3 is 1. The second-order valence-corrected chi connectivity index (χ2v) is 3.82. The van der Waals surface area contributed by atoms with Gasteiger partial charge in [-0.2, -0.15) is 0 Å². The second-order valence-electron chi connectivity index (χ2n) is 3.82. The Labute approximate surface area is 95.2 Å². The molecule has 0 aliphatic rings. The zero-order valence-corrected chi connectivity index (χ0v) is 10.00. The van der Waals surface area contributed by atoms with Crippen LogP contribution in [0, 0.1) is 13.8 Å². The van der Waals surface area contributed by atoms with Gasteiger partial charge in [0.2, 0.25) is 0 Å². The number of carbonyl (C=O) groups is 1. The van der Waals surface area contributed by atoms with Gasteiger partial charge in [0.05, 0.1) is 12.8 Å². The highest BCUT2D eigenvalue weighted by Crippen LogP contribution is 2.29. The fourth-order valence-corrected chi connectivity index (χ4v) is 1.48. The van der Waals surface area contributed by atoms with Crippen LogP contribution in [0.2, 0.25) is 0 Å². The lowest BCUT2D eigenvalue weighted by Crippen LogP contribution is -2.25. The number of aryl methyl sites for hydroxylation is 2. The summed E-state index contributed by atoms with van der Waals surface area (Å²) in [5, 5.41) is 11.8. The minimum atomic E-state index is -1.04. The molecule has 0 aromatic heterocycles. The van der Waals surface area contributed by atoms with Crippen molar-refractivity contribution in [2.75, 3.05) is 12.4 Å². The largest absolute Gasteiger partial charge is 0.495 e. The average molecular weight is 223 g/mol. The van der Waals surface area contributed by atoms with E-state index in [2.05, 4.69) is 5.32 Å². The maximum absolute atomic E-state index is 11.4. The van der Waals surface area contributed by atoms with Gasteiger partial charge >= 0.3 is 0 Å². The normalized spacial score (nSPS) is 12.1. The maximum atomic E-state index is 11.4. The molecule has 1 atom stereocenters. The molecule has 0 aliphatic carbocycles. The lowest BCUT2D eigenvalue weighted by Gasteiger charge is -2.14. The second kappa shape index (κ2) is 4.99. The van der Waals surface area contributed by atoms with Crippen LogP contribution in [-0.2, 0) is 4.79 Å². The zero-order valence-electron chi connectivity index (χ0n) is 10.00.